The minimum absolute atomic E-state index is 0.0243. The van der Waals surface area contributed by atoms with Crippen LogP contribution >= 0.6 is 22.6 Å². The van der Waals surface area contributed by atoms with E-state index in [0.717, 1.165) is 16.4 Å². The molecule has 2 N–H and O–H groups in total. The van der Waals surface area contributed by atoms with Crippen LogP contribution in [-0.2, 0) is 0 Å². The Hall–Kier alpha value is -0.590. The van der Waals surface area contributed by atoms with Crippen molar-refractivity contribution in [1.29, 1.82) is 0 Å². The summed E-state index contributed by atoms with van der Waals surface area (Å²) in [6, 6.07) is 0.352. The molecule has 0 aliphatic heterocycles. The molecular formula is C10H14IN3O. The molecule has 0 aromatic carbocycles. The summed E-state index contributed by atoms with van der Waals surface area (Å²) in [5.74, 6) is -0.0243. The van der Waals surface area contributed by atoms with E-state index in [1.54, 1.807) is 6.20 Å². The molecule has 1 aliphatic carbocycles. The highest BCUT2D eigenvalue weighted by atomic mass is 127. The molecule has 1 heterocycles. The maximum atomic E-state index is 11.8. The number of hydrogen-bond donors (Lipinski definition) is 2. The van der Waals surface area contributed by atoms with Crippen molar-refractivity contribution < 1.29 is 4.79 Å². The number of aromatic nitrogens is 2. The number of nitrogens with one attached hydrogen (secondary N) is 2. The van der Waals surface area contributed by atoms with Crippen molar-refractivity contribution in [1.82, 2.24) is 15.5 Å². The van der Waals surface area contributed by atoms with E-state index >= 15 is 0 Å². The monoisotopic (exact) mass is 319 g/mol. The average Bonchev–Trinajstić information content (AvgIpc) is 2.66. The lowest BCUT2D eigenvalue weighted by Crippen LogP contribution is -2.36. The Bertz CT molecular complexity index is 344. The normalized spacial score (nSPS) is 17.7. The molecule has 82 valence electrons. The van der Waals surface area contributed by atoms with Gasteiger partial charge in [0.05, 0.1) is 9.77 Å². The van der Waals surface area contributed by atoms with Crippen LogP contribution < -0.4 is 5.32 Å². The molecule has 0 bridgehead atoms. The lowest BCUT2D eigenvalue weighted by Gasteiger charge is -2.22. The second-order valence-electron chi connectivity index (χ2n) is 3.90. The zero-order valence-electron chi connectivity index (χ0n) is 8.42. The highest BCUT2D eigenvalue weighted by molar-refractivity contribution is 14.1. The van der Waals surface area contributed by atoms with Gasteiger partial charge in [-0.25, -0.2) is 0 Å². The number of amides is 1. The topological polar surface area (TPSA) is 57.8 Å². The van der Waals surface area contributed by atoms with E-state index in [2.05, 4.69) is 38.1 Å². The lowest BCUT2D eigenvalue weighted by atomic mass is 9.95. The average molecular weight is 319 g/mol. The molecule has 1 aromatic heterocycles. The molecular weight excluding hydrogens is 305 g/mol. The first kappa shape index (κ1) is 10.9. The highest BCUT2D eigenvalue weighted by Crippen LogP contribution is 2.18. The SMILES string of the molecule is O=C(NC1CCCCC1)c1[nH]ncc1I. The number of halogens is 1. The summed E-state index contributed by atoms with van der Waals surface area (Å²) < 4.78 is 0.876. The number of hydrogen-bond acceptors (Lipinski definition) is 2. The lowest BCUT2D eigenvalue weighted by molar-refractivity contribution is 0.0921. The smallest absolute Gasteiger partial charge is 0.270 e. The second-order valence-corrected chi connectivity index (χ2v) is 5.06. The fraction of sp³-hybridized carbons (Fsp3) is 0.600. The van der Waals surface area contributed by atoms with Crippen molar-refractivity contribution in [3.8, 4) is 0 Å². The molecule has 1 aliphatic rings. The minimum atomic E-state index is -0.0243. The summed E-state index contributed by atoms with van der Waals surface area (Å²) in [6.45, 7) is 0. The minimum Gasteiger partial charge on any atom is -0.348 e. The van der Waals surface area contributed by atoms with Gasteiger partial charge in [0.15, 0.2) is 0 Å². The zero-order chi connectivity index (χ0) is 10.7. The standard InChI is InChI=1S/C10H14IN3O/c11-8-6-12-14-9(8)10(15)13-7-4-2-1-3-5-7/h6-7H,1-5H2,(H,12,14)(H,13,15). The van der Waals surface area contributed by atoms with Crippen LogP contribution in [0.2, 0.25) is 0 Å². The molecule has 1 saturated carbocycles. The molecule has 0 radical (unpaired) electrons. The molecule has 0 spiro atoms. The molecule has 2 rings (SSSR count). The number of carbonyl (C=O) groups excluding carboxylic acids is 1. The Balaban J connectivity index is 1.94. The summed E-state index contributed by atoms with van der Waals surface area (Å²) in [6.07, 6.45) is 7.63. The van der Waals surface area contributed by atoms with Crippen LogP contribution in [0.5, 0.6) is 0 Å². The van der Waals surface area contributed by atoms with Crippen LogP contribution in [0.15, 0.2) is 6.20 Å². The number of rotatable bonds is 2. The number of aromatic amines is 1. The van der Waals surface area contributed by atoms with Gasteiger partial charge in [-0.05, 0) is 35.4 Å². The van der Waals surface area contributed by atoms with Crippen LogP contribution in [0.1, 0.15) is 42.6 Å². The van der Waals surface area contributed by atoms with E-state index in [1.165, 1.54) is 19.3 Å². The van der Waals surface area contributed by atoms with E-state index < -0.39 is 0 Å². The van der Waals surface area contributed by atoms with Crippen LogP contribution in [0.25, 0.3) is 0 Å². The fourth-order valence-electron chi connectivity index (χ4n) is 1.94. The molecule has 0 saturated heterocycles. The van der Waals surface area contributed by atoms with Crippen LogP contribution in [-0.4, -0.2) is 22.1 Å². The molecule has 4 nitrogen and oxygen atoms in total. The van der Waals surface area contributed by atoms with E-state index in [1.807, 2.05) is 0 Å². The van der Waals surface area contributed by atoms with Gasteiger partial charge in [-0.2, -0.15) is 5.10 Å². The molecule has 0 atom stereocenters. The van der Waals surface area contributed by atoms with Gasteiger partial charge in [-0.15, -0.1) is 0 Å². The highest BCUT2D eigenvalue weighted by Gasteiger charge is 2.18. The Labute approximate surface area is 102 Å². The van der Waals surface area contributed by atoms with Crippen molar-refractivity contribution in [2.75, 3.05) is 0 Å². The molecule has 1 aromatic rings. The van der Waals surface area contributed by atoms with Crippen LogP contribution in [0.4, 0.5) is 0 Å². The van der Waals surface area contributed by atoms with Gasteiger partial charge in [0.25, 0.3) is 5.91 Å². The van der Waals surface area contributed by atoms with Gasteiger partial charge in [-0.3, -0.25) is 9.89 Å². The van der Waals surface area contributed by atoms with Gasteiger partial charge < -0.3 is 5.32 Å². The van der Waals surface area contributed by atoms with Crippen molar-refractivity contribution in [2.45, 2.75) is 38.1 Å². The Morgan fingerprint density at radius 1 is 1.47 bits per heavy atom. The largest absolute Gasteiger partial charge is 0.348 e. The Morgan fingerprint density at radius 3 is 2.80 bits per heavy atom. The first-order valence-electron chi connectivity index (χ1n) is 5.27. The van der Waals surface area contributed by atoms with Gasteiger partial charge in [0.2, 0.25) is 0 Å². The first-order valence-corrected chi connectivity index (χ1v) is 6.35. The summed E-state index contributed by atoms with van der Waals surface area (Å²) in [5.41, 5.74) is 0.584. The zero-order valence-corrected chi connectivity index (χ0v) is 10.6. The van der Waals surface area contributed by atoms with Crippen molar-refractivity contribution >= 4 is 28.5 Å². The van der Waals surface area contributed by atoms with Crippen molar-refractivity contribution in [2.24, 2.45) is 0 Å². The molecule has 15 heavy (non-hydrogen) atoms. The Kier molecular flexibility index (Phi) is 3.61. The predicted octanol–water partition coefficient (Wildman–Crippen LogP) is 2.08. The van der Waals surface area contributed by atoms with E-state index in [0.29, 0.717) is 11.7 Å². The van der Waals surface area contributed by atoms with Gasteiger partial charge in [0, 0.05) is 6.04 Å². The molecule has 5 heteroatoms. The third-order valence-electron chi connectivity index (χ3n) is 2.76. The van der Waals surface area contributed by atoms with Crippen molar-refractivity contribution in [3.05, 3.63) is 15.5 Å². The molecule has 1 amide bonds. The first-order chi connectivity index (χ1) is 7.27. The summed E-state index contributed by atoms with van der Waals surface area (Å²) in [7, 11) is 0. The number of H-pyrrole nitrogens is 1. The van der Waals surface area contributed by atoms with Crippen molar-refractivity contribution in [3.63, 3.8) is 0 Å². The van der Waals surface area contributed by atoms with Gasteiger partial charge in [0.1, 0.15) is 5.69 Å². The van der Waals surface area contributed by atoms with Crippen LogP contribution in [0, 0.1) is 3.57 Å². The summed E-state index contributed by atoms with van der Waals surface area (Å²) >= 11 is 2.11. The van der Waals surface area contributed by atoms with Gasteiger partial charge >= 0.3 is 0 Å². The van der Waals surface area contributed by atoms with Crippen LogP contribution in [0.3, 0.4) is 0 Å². The third kappa shape index (κ3) is 2.70. The van der Waals surface area contributed by atoms with E-state index in [4.69, 9.17) is 0 Å². The maximum Gasteiger partial charge on any atom is 0.270 e. The maximum absolute atomic E-state index is 11.8. The number of carbonyl (C=O) groups is 1. The van der Waals surface area contributed by atoms with Gasteiger partial charge in [-0.1, -0.05) is 19.3 Å². The number of nitrogens with zero attached hydrogens (tertiary/aromatic N) is 1. The molecule has 0 unspecified atom stereocenters. The fourth-order valence-corrected chi connectivity index (χ4v) is 2.44. The predicted molar refractivity (Wildman–Crippen MR) is 65.6 cm³/mol. The Morgan fingerprint density at radius 2 is 2.20 bits per heavy atom. The van der Waals surface area contributed by atoms with E-state index in [9.17, 15) is 4.79 Å². The third-order valence-corrected chi connectivity index (χ3v) is 3.58. The molecule has 1 fully saturated rings. The summed E-state index contributed by atoms with van der Waals surface area (Å²) in [4.78, 5) is 11.8. The quantitative estimate of drug-likeness (QED) is 0.820. The summed E-state index contributed by atoms with van der Waals surface area (Å²) in [5, 5.41) is 9.61. The second kappa shape index (κ2) is 4.96. The van der Waals surface area contributed by atoms with E-state index in [-0.39, 0.29) is 5.91 Å².